The molecular formula is C23H23N9O7S4. The first-order valence-electron chi connectivity index (χ1n) is 12.3. The van der Waals surface area contributed by atoms with E-state index in [1.54, 1.807) is 17.7 Å². The number of nitrogens with two attached hydrogens (primary N) is 1. The SMILES string of the molecule is CO/N=C(\C(=O)N[C@@H]1C(=O)N2C(C(=O)O)=C(CSc3nc(CCn4ccc(=O)c(O)c4C)ns3)CS[C@@H]12)c1nsc(N)n1. The number of amides is 2. The van der Waals surface area contributed by atoms with Crippen molar-refractivity contribution in [2.75, 3.05) is 24.3 Å². The maximum absolute atomic E-state index is 13.1. The number of thioether (sulfide) groups is 2. The molecule has 2 amide bonds. The fourth-order valence-electron chi connectivity index (χ4n) is 4.28. The second-order valence-corrected chi connectivity index (χ2v) is 12.9. The zero-order chi connectivity index (χ0) is 30.8. The molecule has 5 rings (SSSR count). The Labute approximate surface area is 259 Å². The number of carboxylic acid groups (broad SMARTS) is 1. The molecule has 0 bridgehead atoms. The highest BCUT2D eigenvalue weighted by molar-refractivity contribution is 8.01. The molecule has 0 aliphatic carbocycles. The second-order valence-electron chi connectivity index (χ2n) is 9.02. The van der Waals surface area contributed by atoms with Gasteiger partial charge in [0.05, 0.1) is 5.69 Å². The highest BCUT2D eigenvalue weighted by atomic mass is 32.2. The third-order valence-electron chi connectivity index (χ3n) is 6.40. The number of aromatic hydroxyl groups is 1. The van der Waals surface area contributed by atoms with E-state index < -0.39 is 34.6 Å². The summed E-state index contributed by atoms with van der Waals surface area (Å²) in [5.74, 6) is -1.78. The molecule has 20 heteroatoms. The smallest absolute Gasteiger partial charge is 0.352 e. The van der Waals surface area contributed by atoms with Crippen LogP contribution in [0.1, 0.15) is 17.3 Å². The summed E-state index contributed by atoms with van der Waals surface area (Å²) in [6, 6.07) is 0.305. The van der Waals surface area contributed by atoms with Crippen molar-refractivity contribution in [3.8, 4) is 5.75 Å². The molecule has 1 saturated heterocycles. The van der Waals surface area contributed by atoms with E-state index in [2.05, 4.69) is 29.2 Å². The van der Waals surface area contributed by atoms with E-state index in [-0.39, 0.29) is 33.9 Å². The van der Waals surface area contributed by atoms with Crippen molar-refractivity contribution in [1.29, 1.82) is 0 Å². The predicted octanol–water partition coefficient (Wildman–Crippen LogP) is 0.272. The van der Waals surface area contributed by atoms with Gasteiger partial charge in [-0.1, -0.05) is 16.9 Å². The minimum Gasteiger partial charge on any atom is -0.503 e. The van der Waals surface area contributed by atoms with Gasteiger partial charge in [-0.15, -0.1) is 11.8 Å². The van der Waals surface area contributed by atoms with Gasteiger partial charge in [0.25, 0.3) is 11.8 Å². The number of β-lactam (4-membered cyclic amide) rings is 1. The maximum atomic E-state index is 13.1. The predicted molar refractivity (Wildman–Crippen MR) is 159 cm³/mol. The molecule has 16 nitrogen and oxygen atoms in total. The molecule has 0 radical (unpaired) electrons. The van der Waals surface area contributed by atoms with Crippen LogP contribution < -0.4 is 16.5 Å². The van der Waals surface area contributed by atoms with Crippen LogP contribution in [-0.2, 0) is 32.2 Å². The van der Waals surface area contributed by atoms with Crippen molar-refractivity contribution in [3.05, 3.63) is 51.1 Å². The lowest BCUT2D eigenvalue weighted by molar-refractivity contribution is -0.150. The number of carboxylic acids is 1. The summed E-state index contributed by atoms with van der Waals surface area (Å²) in [5, 5.41) is 25.6. The highest BCUT2D eigenvalue weighted by Gasteiger charge is 2.54. The summed E-state index contributed by atoms with van der Waals surface area (Å²) in [6.07, 6.45) is 2.06. The van der Waals surface area contributed by atoms with E-state index in [0.29, 0.717) is 40.1 Å². The lowest BCUT2D eigenvalue weighted by Crippen LogP contribution is -2.71. The van der Waals surface area contributed by atoms with Gasteiger partial charge in [-0.2, -0.15) is 13.7 Å². The van der Waals surface area contributed by atoms with Crippen molar-refractivity contribution < 1.29 is 29.4 Å². The van der Waals surface area contributed by atoms with Crippen LogP contribution in [0.15, 0.2) is 37.8 Å². The van der Waals surface area contributed by atoms with Gasteiger partial charge in [-0.3, -0.25) is 19.3 Å². The summed E-state index contributed by atoms with van der Waals surface area (Å²) >= 11 is 4.67. The van der Waals surface area contributed by atoms with E-state index in [1.165, 1.54) is 53.1 Å². The number of anilines is 1. The number of rotatable bonds is 11. The molecule has 5 N–H and O–H groups in total. The van der Waals surface area contributed by atoms with Gasteiger partial charge >= 0.3 is 5.97 Å². The number of oxime groups is 1. The van der Waals surface area contributed by atoms with Crippen LogP contribution in [0.2, 0.25) is 0 Å². The van der Waals surface area contributed by atoms with Gasteiger partial charge in [0.2, 0.25) is 17.0 Å². The molecule has 2 atom stereocenters. The van der Waals surface area contributed by atoms with Crippen molar-refractivity contribution in [2.24, 2.45) is 5.16 Å². The van der Waals surface area contributed by atoms with Crippen LogP contribution in [0.25, 0.3) is 0 Å². The molecule has 3 aromatic heterocycles. The Morgan fingerprint density at radius 1 is 1.28 bits per heavy atom. The maximum Gasteiger partial charge on any atom is 0.352 e. The molecule has 43 heavy (non-hydrogen) atoms. The summed E-state index contributed by atoms with van der Waals surface area (Å²) in [7, 11) is 1.24. The Morgan fingerprint density at radius 3 is 2.77 bits per heavy atom. The Balaban J connectivity index is 1.22. The summed E-state index contributed by atoms with van der Waals surface area (Å²) < 4.78 is 10.7. The monoisotopic (exact) mass is 665 g/mol. The molecule has 0 spiro atoms. The van der Waals surface area contributed by atoms with E-state index in [4.69, 9.17) is 10.6 Å². The van der Waals surface area contributed by atoms with E-state index >= 15 is 0 Å². The highest BCUT2D eigenvalue weighted by Crippen LogP contribution is 2.41. The Bertz CT molecular complexity index is 1720. The van der Waals surface area contributed by atoms with Crippen molar-refractivity contribution >= 4 is 75.2 Å². The quantitative estimate of drug-likeness (QED) is 0.0933. The van der Waals surface area contributed by atoms with Gasteiger partial charge in [-0.05, 0) is 24.0 Å². The summed E-state index contributed by atoms with van der Waals surface area (Å²) in [5.41, 5.74) is 5.76. The number of aryl methyl sites for hydroxylation is 2. The number of hydrogen-bond acceptors (Lipinski definition) is 16. The second kappa shape index (κ2) is 12.7. The minimum absolute atomic E-state index is 0.0573. The average molecular weight is 666 g/mol. The van der Waals surface area contributed by atoms with Crippen molar-refractivity contribution in [1.82, 2.24) is 33.5 Å². The van der Waals surface area contributed by atoms with Crippen LogP contribution in [0, 0.1) is 6.92 Å². The first-order valence-corrected chi connectivity index (χ1v) is 15.9. The van der Waals surface area contributed by atoms with Gasteiger partial charge in [0, 0.05) is 48.3 Å². The van der Waals surface area contributed by atoms with Crippen LogP contribution in [0.4, 0.5) is 5.13 Å². The molecule has 226 valence electrons. The number of nitrogen functional groups attached to an aromatic ring is 1. The molecular weight excluding hydrogens is 643 g/mol. The van der Waals surface area contributed by atoms with Crippen molar-refractivity contribution in [3.63, 3.8) is 0 Å². The summed E-state index contributed by atoms with van der Waals surface area (Å²) in [4.78, 5) is 64.1. The molecule has 1 fully saturated rings. The van der Waals surface area contributed by atoms with Gasteiger partial charge in [0.1, 0.15) is 30.0 Å². The molecule has 2 aliphatic rings. The van der Waals surface area contributed by atoms with Gasteiger partial charge < -0.3 is 30.7 Å². The first kappa shape index (κ1) is 30.4. The molecule has 2 aliphatic heterocycles. The Hall–Kier alpha value is -4.01. The van der Waals surface area contributed by atoms with Crippen LogP contribution in [-0.4, -0.2) is 91.9 Å². The number of aliphatic carboxylic acids is 1. The fraction of sp³-hybridized carbons (Fsp3) is 0.348. The molecule has 0 saturated carbocycles. The van der Waals surface area contributed by atoms with Crippen LogP contribution in [0.5, 0.6) is 5.75 Å². The Morgan fingerprint density at radius 2 is 2.07 bits per heavy atom. The summed E-state index contributed by atoms with van der Waals surface area (Å²) in [6.45, 7) is 2.10. The minimum atomic E-state index is -1.25. The van der Waals surface area contributed by atoms with E-state index in [0.717, 1.165) is 11.5 Å². The Kier molecular flexibility index (Phi) is 8.99. The number of nitrogens with zero attached hydrogens (tertiary/aromatic N) is 7. The lowest BCUT2D eigenvalue weighted by Gasteiger charge is -2.49. The molecule has 3 aromatic rings. The topological polar surface area (TPSA) is 228 Å². The molecule has 0 aromatic carbocycles. The van der Waals surface area contributed by atoms with E-state index in [1.807, 2.05) is 0 Å². The largest absolute Gasteiger partial charge is 0.503 e. The standard InChI is InChI=1S/C23H23N9O7S4/c1-9-16(34)11(33)3-5-31(9)6-4-12-25-23(43-29-12)41-8-10-7-40-20-14(19(36)32(20)15(10)21(37)38)26-18(35)13(28-39-2)17-27-22(24)42-30-17/h3,5,14,20,34H,4,6-8H2,1-2H3,(H,26,35)(H,37,38)(H2,24,27,30)/b28-13-/t14-,20+/m1/s1. The number of hydrogen-bond donors (Lipinski definition) is 4. The fourth-order valence-corrected chi connectivity index (χ4v) is 7.86. The van der Waals surface area contributed by atoms with Gasteiger partial charge in [-0.25, -0.2) is 9.78 Å². The molecule has 5 heterocycles. The number of fused-ring (bicyclic) bond motifs is 1. The van der Waals surface area contributed by atoms with Crippen molar-refractivity contribution in [2.45, 2.75) is 35.6 Å². The molecule has 0 unspecified atom stereocenters. The third-order valence-corrected chi connectivity index (χ3v) is 10.2. The zero-order valence-electron chi connectivity index (χ0n) is 22.4. The lowest BCUT2D eigenvalue weighted by atomic mass is 10.0. The number of pyridine rings is 1. The van der Waals surface area contributed by atoms with Crippen LogP contribution >= 0.6 is 46.6 Å². The zero-order valence-corrected chi connectivity index (χ0v) is 25.7. The first-order chi connectivity index (χ1) is 20.6. The van der Waals surface area contributed by atoms with Crippen LogP contribution in [0.3, 0.4) is 0 Å². The normalized spacial score (nSPS) is 18.3. The number of aromatic nitrogens is 5. The van der Waals surface area contributed by atoms with Gasteiger partial charge in [0.15, 0.2) is 15.2 Å². The number of carbonyl (C=O) groups is 3. The third kappa shape index (κ3) is 6.21. The number of nitrogens with one attached hydrogen (secondary N) is 1. The van der Waals surface area contributed by atoms with E-state index in [9.17, 15) is 29.4 Å². The number of carbonyl (C=O) groups excluding carboxylic acids is 2. The average Bonchev–Trinajstić information content (AvgIpc) is 3.63.